The van der Waals surface area contributed by atoms with Crippen LogP contribution in [0.3, 0.4) is 0 Å². The molecule has 0 aliphatic carbocycles. The van der Waals surface area contributed by atoms with Gasteiger partial charge in [-0.1, -0.05) is 15.9 Å². The Hall–Kier alpha value is -1.76. The summed E-state index contributed by atoms with van der Waals surface area (Å²) in [6.45, 7) is 6.99. The van der Waals surface area contributed by atoms with Crippen LogP contribution in [0.1, 0.15) is 27.7 Å². The second kappa shape index (κ2) is 6.16. The molecule has 2 amide bonds. The van der Waals surface area contributed by atoms with Crippen LogP contribution in [-0.2, 0) is 9.53 Å². The molecule has 0 saturated heterocycles. The van der Waals surface area contributed by atoms with Crippen molar-refractivity contribution in [2.75, 3.05) is 5.32 Å². The van der Waals surface area contributed by atoms with Crippen molar-refractivity contribution in [2.45, 2.75) is 45.4 Å². The highest BCUT2D eigenvalue weighted by Crippen LogP contribution is 2.31. The summed E-state index contributed by atoms with van der Waals surface area (Å²) in [7, 11) is 0. The molecule has 0 saturated carbocycles. The third-order valence-electron chi connectivity index (χ3n) is 2.94. The molecule has 2 rings (SSSR count). The number of ether oxygens (including phenoxy) is 2. The molecule has 2 atom stereocenters. The number of anilines is 1. The highest BCUT2D eigenvalue weighted by atomic mass is 79.9. The van der Waals surface area contributed by atoms with E-state index in [1.54, 1.807) is 39.8 Å². The van der Waals surface area contributed by atoms with Gasteiger partial charge in [-0.25, -0.2) is 4.79 Å². The molecule has 2 N–H and O–H groups in total. The summed E-state index contributed by atoms with van der Waals surface area (Å²) >= 11 is 3.34. The summed E-state index contributed by atoms with van der Waals surface area (Å²) in [5.74, 6) is 0.202. The zero-order valence-electron chi connectivity index (χ0n) is 12.9. The maximum atomic E-state index is 12.3. The molecule has 1 aromatic carbocycles. The van der Waals surface area contributed by atoms with E-state index in [0.29, 0.717) is 11.4 Å². The van der Waals surface area contributed by atoms with E-state index < -0.39 is 23.8 Å². The lowest BCUT2D eigenvalue weighted by Gasteiger charge is -2.24. The fourth-order valence-electron chi connectivity index (χ4n) is 2.01. The molecule has 120 valence electrons. The Kier molecular flexibility index (Phi) is 4.65. The molecule has 6 nitrogen and oxygen atoms in total. The molecule has 22 heavy (non-hydrogen) atoms. The van der Waals surface area contributed by atoms with E-state index in [1.165, 1.54) is 0 Å². The number of carbonyl (C=O) groups excluding carboxylic acids is 2. The number of carbonyl (C=O) groups is 2. The highest BCUT2D eigenvalue weighted by Gasteiger charge is 2.33. The number of hydrogen-bond acceptors (Lipinski definition) is 4. The van der Waals surface area contributed by atoms with Crippen molar-refractivity contribution in [3.05, 3.63) is 22.7 Å². The van der Waals surface area contributed by atoms with E-state index >= 15 is 0 Å². The van der Waals surface area contributed by atoms with Gasteiger partial charge in [-0.05, 0) is 45.9 Å². The number of amides is 2. The number of alkyl carbamates (subject to hydrolysis) is 1. The van der Waals surface area contributed by atoms with E-state index in [-0.39, 0.29) is 5.91 Å². The van der Waals surface area contributed by atoms with Gasteiger partial charge in [0.2, 0.25) is 0 Å². The molecule has 0 spiro atoms. The summed E-state index contributed by atoms with van der Waals surface area (Å²) in [4.78, 5) is 24.2. The summed E-state index contributed by atoms with van der Waals surface area (Å²) in [5, 5.41) is 5.30. The van der Waals surface area contributed by atoms with E-state index in [2.05, 4.69) is 26.6 Å². The predicted molar refractivity (Wildman–Crippen MR) is 86.0 cm³/mol. The molecule has 1 aliphatic heterocycles. The Labute approximate surface area is 137 Å². The fraction of sp³-hybridized carbons (Fsp3) is 0.467. The Balaban J connectivity index is 2.15. The molecular weight excluding hydrogens is 352 g/mol. The second-order valence-corrected chi connectivity index (χ2v) is 6.99. The lowest BCUT2D eigenvalue weighted by atomic mass is 10.1. The summed E-state index contributed by atoms with van der Waals surface area (Å²) < 4.78 is 11.8. The minimum absolute atomic E-state index is 0.352. The third-order valence-corrected chi connectivity index (χ3v) is 3.43. The van der Waals surface area contributed by atoms with Crippen molar-refractivity contribution < 1.29 is 19.1 Å². The first-order chi connectivity index (χ1) is 10.2. The number of hydrogen-bond donors (Lipinski definition) is 2. The average Bonchev–Trinajstić information content (AvgIpc) is 2.46. The number of halogens is 1. The van der Waals surface area contributed by atoms with Crippen LogP contribution in [0.2, 0.25) is 0 Å². The van der Waals surface area contributed by atoms with Crippen molar-refractivity contribution in [1.82, 2.24) is 5.32 Å². The van der Waals surface area contributed by atoms with Gasteiger partial charge >= 0.3 is 6.09 Å². The van der Waals surface area contributed by atoms with Crippen LogP contribution in [0, 0.1) is 0 Å². The fourth-order valence-corrected chi connectivity index (χ4v) is 2.37. The molecule has 0 bridgehead atoms. The largest absolute Gasteiger partial charge is 0.486 e. The van der Waals surface area contributed by atoms with Gasteiger partial charge in [0.1, 0.15) is 23.5 Å². The molecule has 0 unspecified atom stereocenters. The van der Waals surface area contributed by atoms with E-state index in [1.807, 2.05) is 6.07 Å². The molecule has 1 aromatic rings. The van der Waals surface area contributed by atoms with Crippen LogP contribution in [0.25, 0.3) is 0 Å². The first-order valence-corrected chi connectivity index (χ1v) is 7.71. The van der Waals surface area contributed by atoms with Gasteiger partial charge in [-0.3, -0.25) is 4.79 Å². The number of benzene rings is 1. The molecule has 0 fully saturated rings. The van der Waals surface area contributed by atoms with Crippen molar-refractivity contribution in [3.8, 4) is 5.75 Å². The number of fused-ring (bicyclic) bond motifs is 1. The van der Waals surface area contributed by atoms with Crippen LogP contribution in [-0.4, -0.2) is 29.7 Å². The second-order valence-electron chi connectivity index (χ2n) is 6.08. The first-order valence-electron chi connectivity index (χ1n) is 6.92. The quantitative estimate of drug-likeness (QED) is 0.796. The van der Waals surface area contributed by atoms with Crippen molar-refractivity contribution >= 4 is 33.6 Å². The molecule has 1 heterocycles. The molecule has 1 aliphatic rings. The van der Waals surface area contributed by atoms with Crippen LogP contribution in [0.5, 0.6) is 5.75 Å². The van der Waals surface area contributed by atoms with Gasteiger partial charge in [0.25, 0.3) is 5.91 Å². The highest BCUT2D eigenvalue weighted by molar-refractivity contribution is 9.10. The van der Waals surface area contributed by atoms with Crippen LogP contribution in [0.15, 0.2) is 22.7 Å². The lowest BCUT2D eigenvalue weighted by Crippen LogP contribution is -2.51. The zero-order valence-corrected chi connectivity index (χ0v) is 14.5. The SMILES string of the molecule is C[C@@H]1Oc2ccc(Br)cc2NC(=O)[C@H]1NC(=O)OC(C)(C)C. The molecule has 0 aromatic heterocycles. The van der Waals surface area contributed by atoms with Gasteiger partial charge in [0.05, 0.1) is 5.69 Å². The summed E-state index contributed by atoms with van der Waals surface area (Å²) in [5.41, 5.74) is -0.0804. The van der Waals surface area contributed by atoms with Gasteiger partial charge < -0.3 is 20.1 Å². The monoisotopic (exact) mass is 370 g/mol. The Morgan fingerprint density at radius 3 is 2.73 bits per heavy atom. The van der Waals surface area contributed by atoms with Crippen molar-refractivity contribution in [3.63, 3.8) is 0 Å². The van der Waals surface area contributed by atoms with Gasteiger partial charge in [-0.15, -0.1) is 0 Å². The Bertz CT molecular complexity index is 598. The average molecular weight is 371 g/mol. The van der Waals surface area contributed by atoms with Gasteiger partial charge in [0, 0.05) is 4.47 Å². The number of rotatable bonds is 1. The van der Waals surface area contributed by atoms with Gasteiger partial charge in [0.15, 0.2) is 0 Å². The minimum Gasteiger partial charge on any atom is -0.486 e. The van der Waals surface area contributed by atoms with Crippen LogP contribution < -0.4 is 15.4 Å². The van der Waals surface area contributed by atoms with E-state index in [4.69, 9.17) is 9.47 Å². The number of nitrogens with one attached hydrogen (secondary N) is 2. The Morgan fingerprint density at radius 2 is 2.09 bits per heavy atom. The first kappa shape index (κ1) is 16.6. The Morgan fingerprint density at radius 1 is 1.41 bits per heavy atom. The molecule has 7 heteroatoms. The van der Waals surface area contributed by atoms with Crippen molar-refractivity contribution in [2.24, 2.45) is 0 Å². The predicted octanol–water partition coefficient (Wildman–Crippen LogP) is 3.06. The summed E-state index contributed by atoms with van der Waals surface area (Å²) in [6.07, 6.45) is -1.19. The third kappa shape index (κ3) is 4.13. The summed E-state index contributed by atoms with van der Waals surface area (Å²) in [6, 6.07) is 4.47. The molecular formula is C15H19BrN2O4. The topological polar surface area (TPSA) is 76.7 Å². The van der Waals surface area contributed by atoms with E-state index in [9.17, 15) is 9.59 Å². The van der Waals surface area contributed by atoms with Crippen LogP contribution in [0.4, 0.5) is 10.5 Å². The van der Waals surface area contributed by atoms with Crippen molar-refractivity contribution in [1.29, 1.82) is 0 Å². The van der Waals surface area contributed by atoms with E-state index in [0.717, 1.165) is 4.47 Å². The lowest BCUT2D eigenvalue weighted by molar-refractivity contribution is -0.119. The maximum Gasteiger partial charge on any atom is 0.408 e. The maximum absolute atomic E-state index is 12.3. The van der Waals surface area contributed by atoms with Crippen LogP contribution >= 0.6 is 15.9 Å². The smallest absolute Gasteiger partial charge is 0.408 e. The minimum atomic E-state index is -0.846. The molecule has 0 radical (unpaired) electrons. The normalized spacial score (nSPS) is 21.0. The standard InChI is InChI=1S/C15H19BrN2O4/c1-8-12(18-14(20)22-15(2,3)4)13(19)17-10-7-9(16)5-6-11(10)21-8/h5-8,12H,1-4H3,(H,17,19)(H,18,20)/t8-,12-/m0/s1. The van der Waals surface area contributed by atoms with Gasteiger partial charge in [-0.2, -0.15) is 0 Å². The zero-order chi connectivity index (χ0) is 16.5.